The van der Waals surface area contributed by atoms with E-state index in [9.17, 15) is 9.59 Å². The number of hydrogen-bond acceptors (Lipinski definition) is 5. The van der Waals surface area contributed by atoms with Crippen molar-refractivity contribution in [3.8, 4) is 0 Å². The van der Waals surface area contributed by atoms with Crippen molar-refractivity contribution in [3.05, 3.63) is 34.9 Å². The first-order chi connectivity index (χ1) is 11.5. The Bertz CT molecular complexity index is 524. The predicted molar refractivity (Wildman–Crippen MR) is 88.9 cm³/mol. The van der Waals surface area contributed by atoms with Crippen LogP contribution in [0.25, 0.3) is 0 Å². The van der Waals surface area contributed by atoms with E-state index in [1.165, 1.54) is 0 Å². The Balaban J connectivity index is 2.66. The van der Waals surface area contributed by atoms with E-state index in [0.29, 0.717) is 23.6 Å². The topological polar surface area (TPSA) is 96.9 Å². The molecule has 0 saturated heterocycles. The third-order valence-corrected chi connectivity index (χ3v) is 3.58. The highest BCUT2D eigenvalue weighted by molar-refractivity contribution is 6.30. The molecule has 1 aromatic carbocycles. The summed E-state index contributed by atoms with van der Waals surface area (Å²) in [5, 5.41) is 12.1. The summed E-state index contributed by atoms with van der Waals surface area (Å²) in [7, 11) is 0. The Morgan fingerprint density at radius 1 is 1.25 bits per heavy atom. The molecule has 0 heterocycles. The third kappa shape index (κ3) is 7.27. The lowest BCUT2D eigenvalue weighted by molar-refractivity contribution is -0.133. The van der Waals surface area contributed by atoms with Crippen LogP contribution in [0.3, 0.4) is 0 Å². The molecule has 0 bridgehead atoms. The maximum atomic E-state index is 12.3. The number of halogens is 1. The van der Waals surface area contributed by atoms with Crippen molar-refractivity contribution in [3.63, 3.8) is 0 Å². The summed E-state index contributed by atoms with van der Waals surface area (Å²) in [6.45, 7) is 4.30. The summed E-state index contributed by atoms with van der Waals surface area (Å²) < 4.78 is 10.4. The van der Waals surface area contributed by atoms with Crippen molar-refractivity contribution in [2.75, 3.05) is 20.0 Å². The normalized spacial score (nSPS) is 13.2. The fourth-order valence-corrected chi connectivity index (χ4v) is 2.14. The first-order valence-corrected chi connectivity index (χ1v) is 8.01. The number of ether oxygens (including phenoxy) is 2. The summed E-state index contributed by atoms with van der Waals surface area (Å²) in [5.74, 6) is -1.32. The van der Waals surface area contributed by atoms with E-state index in [-0.39, 0.29) is 19.3 Å². The number of rotatable bonds is 10. The Labute approximate surface area is 146 Å². The molecule has 7 nitrogen and oxygen atoms in total. The molecule has 2 amide bonds. The number of amides is 2. The molecule has 8 heteroatoms. The van der Waals surface area contributed by atoms with Gasteiger partial charge in [0.25, 0.3) is 5.91 Å². The number of carbonyl (C=O) groups is 2. The monoisotopic (exact) mass is 358 g/mol. The number of hydroxylamine groups is 1. The van der Waals surface area contributed by atoms with Gasteiger partial charge in [0, 0.05) is 23.1 Å². The van der Waals surface area contributed by atoms with Gasteiger partial charge in [0.1, 0.15) is 6.79 Å². The molecule has 2 atom stereocenters. The minimum atomic E-state index is -0.523. The van der Waals surface area contributed by atoms with Crippen LogP contribution < -0.4 is 10.8 Å². The minimum absolute atomic E-state index is 0.102. The minimum Gasteiger partial charge on any atom is -0.356 e. The van der Waals surface area contributed by atoms with Crippen LogP contribution in [-0.4, -0.2) is 43.1 Å². The smallest absolute Gasteiger partial charge is 0.251 e. The molecule has 134 valence electrons. The Morgan fingerprint density at radius 2 is 1.92 bits per heavy atom. The molecule has 0 aromatic heterocycles. The van der Waals surface area contributed by atoms with Gasteiger partial charge in [-0.05, 0) is 37.6 Å². The van der Waals surface area contributed by atoms with Crippen LogP contribution in [-0.2, 0) is 14.3 Å². The van der Waals surface area contributed by atoms with E-state index in [4.69, 9.17) is 26.3 Å². The van der Waals surface area contributed by atoms with Gasteiger partial charge in [-0.15, -0.1) is 0 Å². The van der Waals surface area contributed by atoms with Crippen molar-refractivity contribution < 1.29 is 24.3 Å². The fraction of sp³-hybridized carbons (Fsp3) is 0.500. The molecule has 0 spiro atoms. The van der Waals surface area contributed by atoms with E-state index in [0.717, 1.165) is 0 Å². The predicted octanol–water partition coefficient (Wildman–Crippen LogP) is 1.98. The van der Waals surface area contributed by atoms with Crippen molar-refractivity contribution in [1.82, 2.24) is 10.8 Å². The van der Waals surface area contributed by atoms with Gasteiger partial charge in [0.15, 0.2) is 0 Å². The molecule has 3 N–H and O–H groups in total. The lowest BCUT2D eigenvalue weighted by atomic mass is 10.0. The third-order valence-electron chi connectivity index (χ3n) is 3.33. The van der Waals surface area contributed by atoms with Gasteiger partial charge in [-0.1, -0.05) is 18.5 Å². The van der Waals surface area contributed by atoms with Crippen molar-refractivity contribution in [1.29, 1.82) is 0 Å². The zero-order chi connectivity index (χ0) is 17.9. The quantitative estimate of drug-likeness (QED) is 0.257. The molecular formula is C16H23ClN2O5. The van der Waals surface area contributed by atoms with Gasteiger partial charge in [-0.3, -0.25) is 14.8 Å². The standard InChI is InChI=1S/C16H23ClN2O5/c1-3-23-10-24-9-14(8-11(2)15(20)19-22)18-16(21)12-4-6-13(17)7-5-12/h4-7,11,14,22H,3,8-10H2,1-2H3,(H,18,21)(H,19,20). The van der Waals surface area contributed by atoms with Crippen LogP contribution in [0.1, 0.15) is 30.6 Å². The summed E-state index contributed by atoms with van der Waals surface area (Å²) in [4.78, 5) is 23.7. The molecule has 0 fully saturated rings. The average molecular weight is 359 g/mol. The van der Waals surface area contributed by atoms with Gasteiger partial charge in [-0.25, -0.2) is 5.48 Å². The van der Waals surface area contributed by atoms with Gasteiger partial charge in [0.2, 0.25) is 5.91 Å². The number of nitrogens with one attached hydrogen (secondary N) is 2. The van der Waals surface area contributed by atoms with E-state index in [1.807, 2.05) is 6.92 Å². The molecule has 1 rings (SSSR count). The van der Waals surface area contributed by atoms with Crippen molar-refractivity contribution in [2.45, 2.75) is 26.3 Å². The Hall–Kier alpha value is -1.67. The highest BCUT2D eigenvalue weighted by Gasteiger charge is 2.21. The molecule has 0 aliphatic heterocycles. The second-order valence-electron chi connectivity index (χ2n) is 5.27. The van der Waals surface area contributed by atoms with Crippen LogP contribution in [0, 0.1) is 5.92 Å². The number of hydrogen-bond donors (Lipinski definition) is 3. The first kappa shape index (κ1) is 20.4. The van der Waals surface area contributed by atoms with Gasteiger partial charge in [-0.2, -0.15) is 0 Å². The molecular weight excluding hydrogens is 336 g/mol. The maximum Gasteiger partial charge on any atom is 0.251 e. The summed E-state index contributed by atoms with van der Waals surface area (Å²) in [6, 6.07) is 6.05. The van der Waals surface area contributed by atoms with E-state index in [1.54, 1.807) is 36.7 Å². The zero-order valence-electron chi connectivity index (χ0n) is 13.8. The first-order valence-electron chi connectivity index (χ1n) is 7.63. The second-order valence-corrected chi connectivity index (χ2v) is 5.71. The molecule has 2 unspecified atom stereocenters. The SMILES string of the molecule is CCOCOCC(CC(C)C(=O)NO)NC(=O)c1ccc(Cl)cc1. The van der Waals surface area contributed by atoms with Crippen LogP contribution in [0.15, 0.2) is 24.3 Å². The van der Waals surface area contributed by atoms with Crippen molar-refractivity contribution >= 4 is 23.4 Å². The van der Waals surface area contributed by atoms with E-state index < -0.39 is 17.9 Å². The zero-order valence-corrected chi connectivity index (χ0v) is 14.5. The molecule has 0 aliphatic carbocycles. The summed E-state index contributed by atoms with van der Waals surface area (Å²) >= 11 is 5.81. The Kier molecular flexibility index (Phi) is 9.33. The lowest BCUT2D eigenvalue weighted by Gasteiger charge is -2.21. The molecule has 24 heavy (non-hydrogen) atoms. The fourth-order valence-electron chi connectivity index (χ4n) is 2.02. The number of benzene rings is 1. The molecule has 0 saturated carbocycles. The average Bonchev–Trinajstić information content (AvgIpc) is 2.58. The van der Waals surface area contributed by atoms with Crippen molar-refractivity contribution in [2.24, 2.45) is 5.92 Å². The van der Waals surface area contributed by atoms with Gasteiger partial charge >= 0.3 is 0 Å². The summed E-state index contributed by atoms with van der Waals surface area (Å²) in [5.41, 5.74) is 2.06. The molecule has 1 aromatic rings. The van der Waals surface area contributed by atoms with E-state index in [2.05, 4.69) is 5.32 Å². The largest absolute Gasteiger partial charge is 0.356 e. The van der Waals surface area contributed by atoms with Gasteiger partial charge < -0.3 is 14.8 Å². The summed E-state index contributed by atoms with van der Waals surface area (Å²) in [6.07, 6.45) is 0.303. The second kappa shape index (κ2) is 11.0. The Morgan fingerprint density at radius 3 is 2.50 bits per heavy atom. The maximum absolute atomic E-state index is 12.3. The lowest BCUT2D eigenvalue weighted by Crippen LogP contribution is -2.41. The van der Waals surface area contributed by atoms with E-state index >= 15 is 0 Å². The van der Waals surface area contributed by atoms with Crippen LogP contribution in [0.4, 0.5) is 0 Å². The highest BCUT2D eigenvalue weighted by atomic mass is 35.5. The molecule has 0 aliphatic rings. The van der Waals surface area contributed by atoms with Crippen LogP contribution in [0.2, 0.25) is 5.02 Å². The highest BCUT2D eigenvalue weighted by Crippen LogP contribution is 2.11. The van der Waals surface area contributed by atoms with Crippen LogP contribution >= 0.6 is 11.6 Å². The molecule has 0 radical (unpaired) electrons. The van der Waals surface area contributed by atoms with Gasteiger partial charge in [0.05, 0.1) is 12.6 Å². The van der Waals surface area contributed by atoms with Crippen LogP contribution in [0.5, 0.6) is 0 Å². The number of carbonyl (C=O) groups excluding carboxylic acids is 2.